The predicted molar refractivity (Wildman–Crippen MR) is 88.9 cm³/mol. The molecule has 0 aromatic carbocycles. The van der Waals surface area contributed by atoms with Crippen LogP contribution in [0, 0.1) is 5.41 Å². The SMILES string of the molecule is CCN(C(=O)NCSC(F)(F)F)/C(=C/Nc1cccnc1)C(=N)Cl. The number of hydrogen-bond acceptors (Lipinski definition) is 5. The Hall–Kier alpha value is -1.94. The summed E-state index contributed by atoms with van der Waals surface area (Å²) >= 11 is 5.32. The molecule has 1 heterocycles. The van der Waals surface area contributed by atoms with Gasteiger partial charge in [-0.15, -0.1) is 0 Å². The van der Waals surface area contributed by atoms with Crippen molar-refractivity contribution in [1.82, 2.24) is 15.2 Å². The number of urea groups is 1. The number of thioether (sulfide) groups is 1. The summed E-state index contributed by atoms with van der Waals surface area (Å²) in [6.07, 6.45) is 4.40. The zero-order valence-corrected chi connectivity index (χ0v) is 14.1. The number of carbonyl (C=O) groups excluding carboxylic acids is 1. The number of pyridine rings is 1. The molecular formula is C13H15ClF3N5OS. The van der Waals surface area contributed by atoms with E-state index in [0.717, 1.165) is 4.90 Å². The standard InChI is InChI=1S/C13H15ClF3N5OS/c1-2-22(12(23)21-8-24-13(15,16)17)10(11(14)18)7-20-9-4-3-5-19-6-9/h3-7,18,20H,2,8H2,1H3,(H,21,23)/b10-7+,18-11?. The van der Waals surface area contributed by atoms with Crippen LogP contribution in [-0.2, 0) is 0 Å². The molecular weight excluding hydrogens is 367 g/mol. The van der Waals surface area contributed by atoms with Crippen LogP contribution in [0.15, 0.2) is 36.4 Å². The summed E-state index contributed by atoms with van der Waals surface area (Å²) in [4.78, 5) is 17.0. The highest BCUT2D eigenvalue weighted by atomic mass is 35.5. The molecule has 0 spiro atoms. The minimum atomic E-state index is -4.44. The van der Waals surface area contributed by atoms with Crippen molar-refractivity contribution >= 4 is 40.3 Å². The van der Waals surface area contributed by atoms with E-state index in [4.69, 9.17) is 17.0 Å². The fourth-order valence-electron chi connectivity index (χ4n) is 1.56. The van der Waals surface area contributed by atoms with Crippen molar-refractivity contribution < 1.29 is 18.0 Å². The first-order chi connectivity index (χ1) is 11.2. The van der Waals surface area contributed by atoms with Crippen molar-refractivity contribution in [3.63, 3.8) is 0 Å². The molecule has 0 aliphatic rings. The lowest BCUT2D eigenvalue weighted by Gasteiger charge is -2.23. The molecule has 0 atom stereocenters. The van der Waals surface area contributed by atoms with Gasteiger partial charge in [-0.05, 0) is 30.8 Å². The zero-order chi connectivity index (χ0) is 18.2. The first kappa shape index (κ1) is 20.1. The fraction of sp³-hybridized carbons (Fsp3) is 0.308. The van der Waals surface area contributed by atoms with E-state index in [-0.39, 0.29) is 24.0 Å². The number of nitrogens with one attached hydrogen (secondary N) is 3. The highest BCUT2D eigenvalue weighted by Gasteiger charge is 2.28. The van der Waals surface area contributed by atoms with Gasteiger partial charge in [0.2, 0.25) is 0 Å². The van der Waals surface area contributed by atoms with E-state index in [1.165, 1.54) is 12.4 Å². The van der Waals surface area contributed by atoms with Crippen LogP contribution in [-0.4, -0.2) is 39.0 Å². The van der Waals surface area contributed by atoms with Crippen molar-refractivity contribution in [3.8, 4) is 0 Å². The highest BCUT2D eigenvalue weighted by molar-refractivity contribution is 8.00. The summed E-state index contributed by atoms with van der Waals surface area (Å²) in [6, 6.07) is 2.59. The van der Waals surface area contributed by atoms with Crippen LogP contribution in [0.5, 0.6) is 0 Å². The van der Waals surface area contributed by atoms with Gasteiger partial charge >= 0.3 is 11.5 Å². The normalized spacial score (nSPS) is 11.8. The summed E-state index contributed by atoms with van der Waals surface area (Å²) in [7, 11) is 0. The molecule has 132 valence electrons. The van der Waals surface area contributed by atoms with Crippen molar-refractivity contribution in [1.29, 1.82) is 5.41 Å². The average molecular weight is 382 g/mol. The van der Waals surface area contributed by atoms with Gasteiger partial charge in [0.15, 0.2) is 0 Å². The van der Waals surface area contributed by atoms with Gasteiger partial charge in [-0.3, -0.25) is 15.3 Å². The molecule has 0 unspecified atom stereocenters. The van der Waals surface area contributed by atoms with Gasteiger partial charge in [0, 0.05) is 18.9 Å². The highest BCUT2D eigenvalue weighted by Crippen LogP contribution is 2.29. The third-order valence-corrected chi connectivity index (χ3v) is 3.38. The first-order valence-electron chi connectivity index (χ1n) is 6.61. The van der Waals surface area contributed by atoms with E-state index in [9.17, 15) is 18.0 Å². The van der Waals surface area contributed by atoms with Crippen LogP contribution in [0.2, 0.25) is 0 Å². The molecule has 0 saturated carbocycles. The van der Waals surface area contributed by atoms with E-state index < -0.39 is 22.6 Å². The Morgan fingerprint density at radius 1 is 1.54 bits per heavy atom. The number of nitrogens with zero attached hydrogens (tertiary/aromatic N) is 2. The maximum atomic E-state index is 12.1. The topological polar surface area (TPSA) is 81.1 Å². The number of rotatable bonds is 7. The molecule has 1 rings (SSSR count). The number of halogens is 4. The van der Waals surface area contributed by atoms with Gasteiger partial charge in [0.1, 0.15) is 5.17 Å². The molecule has 0 fully saturated rings. The number of amides is 2. The number of carbonyl (C=O) groups is 1. The average Bonchev–Trinajstić information content (AvgIpc) is 2.50. The molecule has 0 bridgehead atoms. The van der Waals surface area contributed by atoms with Gasteiger partial charge in [0.25, 0.3) is 0 Å². The van der Waals surface area contributed by atoms with Gasteiger partial charge in [0.05, 0.1) is 23.5 Å². The van der Waals surface area contributed by atoms with E-state index in [0.29, 0.717) is 5.69 Å². The number of aromatic nitrogens is 1. The largest absolute Gasteiger partial charge is 0.443 e. The van der Waals surface area contributed by atoms with Crippen molar-refractivity contribution in [2.75, 3.05) is 17.7 Å². The molecule has 1 aromatic heterocycles. The third kappa shape index (κ3) is 7.09. The summed E-state index contributed by atoms with van der Waals surface area (Å²) < 4.78 is 36.3. The van der Waals surface area contributed by atoms with Crippen LogP contribution in [0.25, 0.3) is 0 Å². The Morgan fingerprint density at radius 3 is 2.75 bits per heavy atom. The Kier molecular flexibility index (Phi) is 7.86. The van der Waals surface area contributed by atoms with Crippen LogP contribution < -0.4 is 10.6 Å². The van der Waals surface area contributed by atoms with E-state index in [1.54, 1.807) is 25.3 Å². The molecule has 0 aliphatic carbocycles. The second-order valence-electron chi connectivity index (χ2n) is 4.19. The Bertz CT molecular complexity index is 597. The molecule has 6 nitrogen and oxygen atoms in total. The Balaban J connectivity index is 2.79. The number of hydrogen-bond donors (Lipinski definition) is 3. The smallest absolute Gasteiger partial charge is 0.358 e. The van der Waals surface area contributed by atoms with Gasteiger partial charge < -0.3 is 10.6 Å². The van der Waals surface area contributed by atoms with Crippen LogP contribution in [0.4, 0.5) is 23.7 Å². The van der Waals surface area contributed by atoms with Gasteiger partial charge in [-0.25, -0.2) is 4.79 Å². The zero-order valence-electron chi connectivity index (χ0n) is 12.5. The quantitative estimate of drug-likeness (QED) is 0.495. The van der Waals surface area contributed by atoms with E-state index in [2.05, 4.69) is 15.6 Å². The first-order valence-corrected chi connectivity index (χ1v) is 7.98. The number of anilines is 1. The van der Waals surface area contributed by atoms with Gasteiger partial charge in [-0.2, -0.15) is 13.2 Å². The van der Waals surface area contributed by atoms with Crippen molar-refractivity contribution in [3.05, 3.63) is 36.4 Å². The van der Waals surface area contributed by atoms with Gasteiger partial charge in [-0.1, -0.05) is 11.6 Å². The van der Waals surface area contributed by atoms with Crippen LogP contribution in [0.3, 0.4) is 0 Å². The summed E-state index contributed by atoms with van der Waals surface area (Å²) in [5.41, 5.74) is -3.83. The molecule has 1 aromatic rings. The van der Waals surface area contributed by atoms with E-state index in [1.807, 2.05) is 0 Å². The minimum absolute atomic E-state index is 0.0116. The summed E-state index contributed by atoms with van der Waals surface area (Å²) in [5, 5.41) is 12.1. The summed E-state index contributed by atoms with van der Waals surface area (Å²) in [6.45, 7) is 1.71. The molecule has 3 N–H and O–H groups in total. The molecule has 0 saturated heterocycles. The Morgan fingerprint density at radius 2 is 2.25 bits per heavy atom. The number of allylic oxidation sites excluding steroid dienone is 1. The number of alkyl halides is 3. The fourth-order valence-corrected chi connectivity index (χ4v) is 2.07. The molecule has 11 heteroatoms. The molecule has 2 amide bonds. The van der Waals surface area contributed by atoms with Crippen LogP contribution >= 0.6 is 23.4 Å². The predicted octanol–water partition coefficient (Wildman–Crippen LogP) is 3.79. The lowest BCUT2D eigenvalue weighted by atomic mass is 10.4. The molecule has 0 aliphatic heterocycles. The maximum absolute atomic E-state index is 12.1. The molecule has 24 heavy (non-hydrogen) atoms. The van der Waals surface area contributed by atoms with Crippen molar-refractivity contribution in [2.24, 2.45) is 0 Å². The third-order valence-electron chi connectivity index (χ3n) is 2.57. The lowest BCUT2D eigenvalue weighted by molar-refractivity contribution is -0.0328. The molecule has 0 radical (unpaired) electrons. The van der Waals surface area contributed by atoms with E-state index >= 15 is 0 Å². The van der Waals surface area contributed by atoms with Crippen molar-refractivity contribution in [2.45, 2.75) is 12.4 Å². The minimum Gasteiger partial charge on any atom is -0.358 e. The maximum Gasteiger partial charge on any atom is 0.443 e. The van der Waals surface area contributed by atoms with Crippen LogP contribution in [0.1, 0.15) is 6.92 Å². The monoisotopic (exact) mass is 381 g/mol. The second-order valence-corrected chi connectivity index (χ2v) is 5.61. The summed E-state index contributed by atoms with van der Waals surface area (Å²) in [5.74, 6) is -0.641. The second kappa shape index (κ2) is 9.38. The Labute approximate surface area is 146 Å². The lowest BCUT2D eigenvalue weighted by Crippen LogP contribution is -2.41.